The summed E-state index contributed by atoms with van der Waals surface area (Å²) in [6, 6.07) is 14.4. The molecule has 0 aliphatic carbocycles. The SMILES string of the molecule is Nn1c(N/N=C/c2ccc(Cl)cc2)nnc1SCC(=O)c1ccc(Br)cc1. The summed E-state index contributed by atoms with van der Waals surface area (Å²) in [6.45, 7) is 0. The Kier molecular flexibility index (Phi) is 6.49. The Morgan fingerprint density at radius 3 is 2.63 bits per heavy atom. The number of nitrogens with two attached hydrogens (primary N) is 1. The third kappa shape index (κ3) is 5.31. The number of nitrogen functional groups attached to an aromatic ring is 1. The van der Waals surface area contributed by atoms with E-state index in [0.29, 0.717) is 15.7 Å². The molecule has 0 unspecified atom stereocenters. The summed E-state index contributed by atoms with van der Waals surface area (Å²) in [5.74, 6) is 6.39. The molecule has 0 bridgehead atoms. The molecule has 3 N–H and O–H groups in total. The third-order valence-corrected chi connectivity index (χ3v) is 5.13. The van der Waals surface area contributed by atoms with Gasteiger partial charge < -0.3 is 5.84 Å². The minimum absolute atomic E-state index is 0.0224. The average Bonchev–Trinajstić information content (AvgIpc) is 3.02. The van der Waals surface area contributed by atoms with Gasteiger partial charge >= 0.3 is 0 Å². The molecule has 0 radical (unpaired) electrons. The van der Waals surface area contributed by atoms with Crippen LogP contribution in [0.5, 0.6) is 0 Å². The number of rotatable bonds is 7. The fraction of sp³-hybridized carbons (Fsp3) is 0.0588. The van der Waals surface area contributed by atoms with Crippen LogP contribution in [0.15, 0.2) is 63.3 Å². The van der Waals surface area contributed by atoms with Gasteiger partial charge in [-0.3, -0.25) is 4.79 Å². The lowest BCUT2D eigenvalue weighted by Gasteiger charge is -2.03. The maximum absolute atomic E-state index is 12.2. The Morgan fingerprint density at radius 1 is 1.22 bits per heavy atom. The molecule has 0 saturated heterocycles. The van der Waals surface area contributed by atoms with E-state index in [1.165, 1.54) is 16.4 Å². The third-order valence-electron chi connectivity index (χ3n) is 3.41. The van der Waals surface area contributed by atoms with Gasteiger partial charge in [-0.2, -0.15) is 5.10 Å². The lowest BCUT2D eigenvalue weighted by Crippen LogP contribution is -2.14. The molecule has 0 fully saturated rings. The van der Waals surface area contributed by atoms with Crippen molar-refractivity contribution in [3.8, 4) is 0 Å². The van der Waals surface area contributed by atoms with Crippen LogP contribution in [0.25, 0.3) is 0 Å². The quantitative estimate of drug-likeness (QED) is 0.181. The van der Waals surface area contributed by atoms with Crippen molar-refractivity contribution in [2.45, 2.75) is 5.16 Å². The number of nitrogens with one attached hydrogen (secondary N) is 1. The van der Waals surface area contributed by atoms with Gasteiger partial charge in [0.2, 0.25) is 5.16 Å². The zero-order valence-corrected chi connectivity index (χ0v) is 17.0. The van der Waals surface area contributed by atoms with Gasteiger partial charge in [0.1, 0.15) is 0 Å². The molecular formula is C17H14BrClN6OS. The Hall–Kier alpha value is -2.36. The summed E-state index contributed by atoms with van der Waals surface area (Å²) in [4.78, 5) is 12.2. The second-order valence-electron chi connectivity index (χ2n) is 5.32. The topological polar surface area (TPSA) is 98.2 Å². The maximum Gasteiger partial charge on any atom is 0.264 e. The van der Waals surface area contributed by atoms with Crippen molar-refractivity contribution in [3.63, 3.8) is 0 Å². The minimum atomic E-state index is -0.0224. The van der Waals surface area contributed by atoms with E-state index < -0.39 is 0 Å². The molecule has 10 heteroatoms. The summed E-state index contributed by atoms with van der Waals surface area (Å²) in [7, 11) is 0. The van der Waals surface area contributed by atoms with E-state index in [9.17, 15) is 4.79 Å². The number of nitrogens with zero attached hydrogens (tertiary/aromatic N) is 4. The first-order valence-corrected chi connectivity index (χ1v) is 9.85. The van der Waals surface area contributed by atoms with Crippen LogP contribution in [-0.2, 0) is 0 Å². The lowest BCUT2D eigenvalue weighted by molar-refractivity contribution is 0.102. The summed E-state index contributed by atoms with van der Waals surface area (Å²) >= 11 is 10.4. The fourth-order valence-electron chi connectivity index (χ4n) is 2.01. The molecule has 1 aromatic heterocycles. The van der Waals surface area contributed by atoms with Crippen LogP contribution in [0.1, 0.15) is 15.9 Å². The minimum Gasteiger partial charge on any atom is -0.334 e. The van der Waals surface area contributed by atoms with E-state index >= 15 is 0 Å². The second-order valence-corrected chi connectivity index (χ2v) is 7.61. The van der Waals surface area contributed by atoms with Crippen molar-refractivity contribution in [2.24, 2.45) is 5.10 Å². The van der Waals surface area contributed by atoms with Crippen molar-refractivity contribution in [1.82, 2.24) is 14.9 Å². The normalized spacial score (nSPS) is 11.0. The Balaban J connectivity index is 1.57. The smallest absolute Gasteiger partial charge is 0.264 e. The van der Waals surface area contributed by atoms with E-state index in [1.807, 2.05) is 24.3 Å². The molecule has 3 rings (SSSR count). The number of halogens is 2. The predicted molar refractivity (Wildman–Crippen MR) is 112 cm³/mol. The van der Waals surface area contributed by atoms with Gasteiger partial charge in [-0.25, -0.2) is 10.1 Å². The number of carbonyl (C=O) groups excluding carboxylic acids is 1. The molecule has 0 aliphatic rings. The molecule has 0 spiro atoms. The standard InChI is InChI=1S/C17H14BrClN6OS/c18-13-5-3-12(4-6-13)15(26)10-27-17-24-23-16(25(17)20)22-21-9-11-1-7-14(19)8-2-11/h1-9H,10,20H2,(H,22,23)/b21-9+. The molecule has 138 valence electrons. The molecule has 0 aliphatic heterocycles. The van der Waals surface area contributed by atoms with E-state index in [0.717, 1.165) is 10.0 Å². The zero-order chi connectivity index (χ0) is 19.2. The molecule has 7 nitrogen and oxygen atoms in total. The fourth-order valence-corrected chi connectivity index (χ4v) is 3.16. The average molecular weight is 466 g/mol. The monoisotopic (exact) mass is 464 g/mol. The van der Waals surface area contributed by atoms with Crippen LogP contribution in [0, 0.1) is 0 Å². The lowest BCUT2D eigenvalue weighted by atomic mass is 10.2. The van der Waals surface area contributed by atoms with Gasteiger partial charge in [0.25, 0.3) is 5.95 Å². The molecular weight excluding hydrogens is 452 g/mol. The Bertz CT molecular complexity index is 959. The molecule has 3 aromatic rings. The zero-order valence-electron chi connectivity index (χ0n) is 13.8. The largest absolute Gasteiger partial charge is 0.334 e. The van der Waals surface area contributed by atoms with Crippen molar-refractivity contribution in [3.05, 3.63) is 69.2 Å². The number of aromatic nitrogens is 3. The summed E-state index contributed by atoms with van der Waals surface area (Å²) < 4.78 is 2.17. The maximum atomic E-state index is 12.2. The Morgan fingerprint density at radius 2 is 1.93 bits per heavy atom. The number of Topliss-reactive ketones (excluding diaryl/α,β-unsaturated/α-hetero) is 1. The Labute approximate surface area is 173 Å². The van der Waals surface area contributed by atoms with Gasteiger partial charge in [0.15, 0.2) is 5.78 Å². The molecule has 0 saturated carbocycles. The predicted octanol–water partition coefficient (Wildman–Crippen LogP) is 3.83. The molecule has 27 heavy (non-hydrogen) atoms. The molecule has 1 heterocycles. The number of hydrogen-bond donors (Lipinski definition) is 2. The highest BCUT2D eigenvalue weighted by Gasteiger charge is 2.13. The summed E-state index contributed by atoms with van der Waals surface area (Å²) in [5, 5.41) is 13.0. The first-order valence-electron chi connectivity index (χ1n) is 7.69. The van der Waals surface area contributed by atoms with E-state index in [-0.39, 0.29) is 17.5 Å². The van der Waals surface area contributed by atoms with Crippen LogP contribution in [0.4, 0.5) is 5.95 Å². The highest BCUT2D eigenvalue weighted by Crippen LogP contribution is 2.19. The highest BCUT2D eigenvalue weighted by molar-refractivity contribution is 9.10. The number of hydrazone groups is 1. The number of carbonyl (C=O) groups is 1. The van der Waals surface area contributed by atoms with E-state index in [4.69, 9.17) is 17.4 Å². The van der Waals surface area contributed by atoms with Gasteiger partial charge in [-0.15, -0.1) is 10.2 Å². The first-order chi connectivity index (χ1) is 13.0. The molecule has 0 atom stereocenters. The number of thioether (sulfide) groups is 1. The van der Waals surface area contributed by atoms with Gasteiger partial charge in [-0.1, -0.05) is 63.6 Å². The van der Waals surface area contributed by atoms with Crippen molar-refractivity contribution < 1.29 is 4.79 Å². The van der Waals surface area contributed by atoms with Crippen LogP contribution in [0.2, 0.25) is 5.02 Å². The highest BCUT2D eigenvalue weighted by atomic mass is 79.9. The summed E-state index contributed by atoms with van der Waals surface area (Å²) in [5.41, 5.74) is 4.21. The van der Waals surface area contributed by atoms with E-state index in [2.05, 4.69) is 36.7 Å². The van der Waals surface area contributed by atoms with Gasteiger partial charge in [-0.05, 0) is 29.8 Å². The number of benzene rings is 2. The van der Waals surface area contributed by atoms with Crippen LogP contribution in [0.3, 0.4) is 0 Å². The molecule has 2 aromatic carbocycles. The van der Waals surface area contributed by atoms with Crippen LogP contribution < -0.4 is 11.3 Å². The van der Waals surface area contributed by atoms with E-state index in [1.54, 1.807) is 30.5 Å². The van der Waals surface area contributed by atoms with Crippen molar-refractivity contribution in [2.75, 3.05) is 17.0 Å². The van der Waals surface area contributed by atoms with Crippen LogP contribution >= 0.6 is 39.3 Å². The number of ketones is 1. The number of hydrogen-bond acceptors (Lipinski definition) is 7. The molecule has 0 amide bonds. The number of anilines is 1. The first kappa shape index (κ1) is 19.4. The van der Waals surface area contributed by atoms with Crippen molar-refractivity contribution >= 4 is 57.2 Å². The van der Waals surface area contributed by atoms with Crippen LogP contribution in [-0.4, -0.2) is 32.6 Å². The second kappa shape index (κ2) is 9.03. The van der Waals surface area contributed by atoms with Gasteiger partial charge in [0.05, 0.1) is 12.0 Å². The van der Waals surface area contributed by atoms with Crippen molar-refractivity contribution in [1.29, 1.82) is 0 Å². The van der Waals surface area contributed by atoms with Gasteiger partial charge in [0, 0.05) is 15.1 Å². The summed E-state index contributed by atoms with van der Waals surface area (Å²) in [6.07, 6.45) is 1.61.